The van der Waals surface area contributed by atoms with Gasteiger partial charge in [-0.1, -0.05) is 12.8 Å². The van der Waals surface area contributed by atoms with E-state index in [2.05, 4.69) is 24.1 Å². The molecular weight excluding hydrogens is 160 g/mol. The van der Waals surface area contributed by atoms with Crippen LogP contribution in [0.15, 0.2) is 0 Å². The fourth-order valence-corrected chi connectivity index (χ4v) is 3.10. The summed E-state index contributed by atoms with van der Waals surface area (Å²) in [6.07, 6.45) is 8.72. The molecule has 1 aliphatic carbocycles. The van der Waals surface area contributed by atoms with Gasteiger partial charge in [0.1, 0.15) is 0 Å². The van der Waals surface area contributed by atoms with E-state index < -0.39 is 0 Å². The maximum Gasteiger partial charge on any atom is 0.0273 e. The van der Waals surface area contributed by atoms with Gasteiger partial charge in [0.2, 0.25) is 0 Å². The van der Waals surface area contributed by atoms with Gasteiger partial charge in [-0.05, 0) is 31.6 Å². The molecule has 2 nitrogen and oxygen atoms in total. The second-order valence-corrected chi connectivity index (χ2v) is 4.76. The second kappa shape index (κ2) is 3.97. The highest BCUT2D eigenvalue weighted by Crippen LogP contribution is 2.35. The van der Waals surface area contributed by atoms with Crippen molar-refractivity contribution in [1.29, 1.82) is 0 Å². The Bertz CT molecular complexity index is 165. The highest BCUT2D eigenvalue weighted by Gasteiger charge is 2.33. The number of fused-ring (bicyclic) bond motifs is 1. The van der Waals surface area contributed by atoms with Gasteiger partial charge >= 0.3 is 0 Å². The number of nitrogens with zero attached hydrogens (tertiary/aromatic N) is 2. The smallest absolute Gasteiger partial charge is 0.0273 e. The fraction of sp³-hybridized carbons (Fsp3) is 1.00. The van der Waals surface area contributed by atoms with Gasteiger partial charge in [-0.15, -0.1) is 0 Å². The normalized spacial score (nSPS) is 36.2. The molecule has 2 unspecified atom stereocenters. The van der Waals surface area contributed by atoms with Crippen LogP contribution in [0.5, 0.6) is 0 Å². The van der Waals surface area contributed by atoms with Crippen LogP contribution in [0.4, 0.5) is 0 Å². The topological polar surface area (TPSA) is 6.48 Å². The van der Waals surface area contributed by atoms with E-state index in [1.54, 1.807) is 0 Å². The fourth-order valence-electron chi connectivity index (χ4n) is 3.10. The van der Waals surface area contributed by atoms with Gasteiger partial charge in [0.05, 0.1) is 0 Å². The molecule has 2 atom stereocenters. The highest BCUT2D eigenvalue weighted by molar-refractivity contribution is 4.85. The summed E-state index contributed by atoms with van der Waals surface area (Å²) in [6, 6.07) is 0.873. The van der Waals surface area contributed by atoms with Crippen molar-refractivity contribution >= 4 is 0 Å². The molecule has 1 saturated heterocycles. The van der Waals surface area contributed by atoms with Crippen LogP contribution >= 0.6 is 0 Å². The number of hydrogen-bond acceptors (Lipinski definition) is 2. The Hall–Kier alpha value is -0.0800. The molecule has 76 valence electrons. The molecule has 2 heteroatoms. The molecule has 0 N–H and O–H groups in total. The van der Waals surface area contributed by atoms with Gasteiger partial charge in [-0.25, -0.2) is 10.0 Å². The van der Waals surface area contributed by atoms with Crippen molar-refractivity contribution < 1.29 is 0 Å². The minimum atomic E-state index is 0.873. The summed E-state index contributed by atoms with van der Waals surface area (Å²) in [6.45, 7) is 1.29. The first-order chi connectivity index (χ1) is 6.29. The zero-order chi connectivity index (χ0) is 9.26. The third-order valence-electron chi connectivity index (χ3n) is 3.73. The third kappa shape index (κ3) is 1.89. The van der Waals surface area contributed by atoms with Crippen molar-refractivity contribution in [3.63, 3.8) is 0 Å². The molecule has 0 spiro atoms. The van der Waals surface area contributed by atoms with Gasteiger partial charge in [0.15, 0.2) is 0 Å². The first-order valence-corrected chi connectivity index (χ1v) is 5.73. The van der Waals surface area contributed by atoms with Crippen LogP contribution in [0, 0.1) is 5.92 Å². The van der Waals surface area contributed by atoms with Gasteiger partial charge in [-0.2, -0.15) is 0 Å². The summed E-state index contributed by atoms with van der Waals surface area (Å²) in [5.41, 5.74) is 0. The van der Waals surface area contributed by atoms with Gasteiger partial charge in [0, 0.05) is 26.7 Å². The van der Waals surface area contributed by atoms with Crippen LogP contribution in [0.3, 0.4) is 0 Å². The van der Waals surface area contributed by atoms with E-state index in [1.807, 2.05) is 0 Å². The summed E-state index contributed by atoms with van der Waals surface area (Å²) in [4.78, 5) is 0. The lowest BCUT2D eigenvalue weighted by molar-refractivity contribution is -0.0775. The largest absolute Gasteiger partial charge is 0.248 e. The van der Waals surface area contributed by atoms with Gasteiger partial charge in [-0.3, -0.25) is 0 Å². The lowest BCUT2D eigenvalue weighted by Gasteiger charge is -2.46. The first kappa shape index (κ1) is 9.47. The van der Waals surface area contributed by atoms with E-state index in [-0.39, 0.29) is 0 Å². The highest BCUT2D eigenvalue weighted by atomic mass is 15.6. The van der Waals surface area contributed by atoms with E-state index in [0.29, 0.717) is 0 Å². The molecule has 1 saturated carbocycles. The molecule has 1 heterocycles. The van der Waals surface area contributed by atoms with Crippen molar-refractivity contribution in [2.75, 3.05) is 20.6 Å². The molecule has 1 aliphatic heterocycles. The quantitative estimate of drug-likeness (QED) is 0.613. The lowest BCUT2D eigenvalue weighted by atomic mass is 9.79. The Labute approximate surface area is 81.9 Å². The monoisotopic (exact) mass is 182 g/mol. The van der Waals surface area contributed by atoms with Crippen molar-refractivity contribution in [2.45, 2.75) is 44.6 Å². The minimum Gasteiger partial charge on any atom is -0.248 e. The van der Waals surface area contributed by atoms with E-state index in [1.165, 1.54) is 45.1 Å². The maximum atomic E-state index is 2.59. The number of hydrazine groups is 1. The predicted molar refractivity (Wildman–Crippen MR) is 55.4 cm³/mol. The molecule has 0 radical (unpaired) electrons. The van der Waals surface area contributed by atoms with Crippen LogP contribution in [0.2, 0.25) is 0 Å². The Morgan fingerprint density at radius 1 is 1.00 bits per heavy atom. The van der Waals surface area contributed by atoms with Crippen LogP contribution in [0.25, 0.3) is 0 Å². The Kier molecular flexibility index (Phi) is 2.89. The molecule has 2 aliphatic rings. The van der Waals surface area contributed by atoms with Crippen molar-refractivity contribution in [3.05, 3.63) is 0 Å². The van der Waals surface area contributed by atoms with E-state index in [4.69, 9.17) is 0 Å². The van der Waals surface area contributed by atoms with Crippen molar-refractivity contribution in [3.8, 4) is 0 Å². The molecular formula is C11H22N2. The molecule has 2 fully saturated rings. The predicted octanol–water partition coefficient (Wildman–Crippen LogP) is 2.12. The number of rotatable bonds is 1. The van der Waals surface area contributed by atoms with Crippen molar-refractivity contribution in [1.82, 2.24) is 10.0 Å². The van der Waals surface area contributed by atoms with Crippen LogP contribution in [0.1, 0.15) is 38.5 Å². The van der Waals surface area contributed by atoms with Crippen LogP contribution < -0.4 is 0 Å². The zero-order valence-corrected chi connectivity index (χ0v) is 9.00. The van der Waals surface area contributed by atoms with Crippen LogP contribution in [-0.2, 0) is 0 Å². The van der Waals surface area contributed by atoms with Gasteiger partial charge < -0.3 is 0 Å². The Morgan fingerprint density at radius 3 is 2.46 bits per heavy atom. The summed E-state index contributed by atoms with van der Waals surface area (Å²) in [5, 5.41) is 4.90. The Balaban J connectivity index is 2.02. The van der Waals surface area contributed by atoms with E-state index in [0.717, 1.165) is 12.0 Å². The molecule has 13 heavy (non-hydrogen) atoms. The van der Waals surface area contributed by atoms with Gasteiger partial charge in [0.25, 0.3) is 0 Å². The number of hydrogen-bond donors (Lipinski definition) is 0. The standard InChI is InChI=1S/C11H22N2/c1-12(2)13-9-5-7-10-6-3-4-8-11(10)13/h10-11H,3-9H2,1-2H3. The SMILES string of the molecule is CN(C)N1CCCC2CCCCC21. The Morgan fingerprint density at radius 2 is 1.69 bits per heavy atom. The van der Waals surface area contributed by atoms with E-state index >= 15 is 0 Å². The summed E-state index contributed by atoms with van der Waals surface area (Å²) < 4.78 is 0. The lowest BCUT2D eigenvalue weighted by Crippen LogP contribution is -2.52. The maximum absolute atomic E-state index is 2.59. The molecule has 2 rings (SSSR count). The molecule has 0 aromatic rings. The second-order valence-electron chi connectivity index (χ2n) is 4.76. The first-order valence-electron chi connectivity index (χ1n) is 5.73. The van der Waals surface area contributed by atoms with Crippen LogP contribution in [-0.4, -0.2) is 36.7 Å². The van der Waals surface area contributed by atoms with Crippen molar-refractivity contribution in [2.24, 2.45) is 5.92 Å². The number of piperidine rings is 1. The third-order valence-corrected chi connectivity index (χ3v) is 3.73. The summed E-state index contributed by atoms with van der Waals surface area (Å²) >= 11 is 0. The molecule has 0 aromatic heterocycles. The molecule has 0 bridgehead atoms. The minimum absolute atomic E-state index is 0.873. The summed E-state index contributed by atoms with van der Waals surface area (Å²) in [7, 11) is 4.38. The molecule has 0 amide bonds. The average Bonchev–Trinajstić information content (AvgIpc) is 2.17. The molecule has 0 aromatic carbocycles. The van der Waals surface area contributed by atoms with E-state index in [9.17, 15) is 0 Å². The summed E-state index contributed by atoms with van der Waals surface area (Å²) in [5.74, 6) is 1.00. The average molecular weight is 182 g/mol. The zero-order valence-electron chi connectivity index (χ0n) is 9.00.